The fraction of sp³-hybridized carbons (Fsp3) is 0.130. The maximum atomic E-state index is 12.1. The summed E-state index contributed by atoms with van der Waals surface area (Å²) in [6.07, 6.45) is 0. The second-order valence-corrected chi connectivity index (χ2v) is 7.53. The monoisotopic (exact) mass is 388 g/mol. The number of amides is 1. The van der Waals surface area contributed by atoms with Gasteiger partial charge in [-0.3, -0.25) is 4.79 Å². The van der Waals surface area contributed by atoms with Crippen LogP contribution in [0.2, 0.25) is 0 Å². The Balaban J connectivity index is 1.35. The van der Waals surface area contributed by atoms with E-state index in [4.69, 9.17) is 4.74 Å². The maximum Gasteiger partial charge on any atom is 0.258 e. The Morgan fingerprint density at radius 1 is 1.00 bits per heavy atom. The number of rotatable bonds is 6. The zero-order valence-corrected chi connectivity index (χ0v) is 16.3. The lowest BCUT2D eigenvalue weighted by Gasteiger charge is -2.14. The van der Waals surface area contributed by atoms with Crippen molar-refractivity contribution in [1.29, 1.82) is 0 Å². The van der Waals surface area contributed by atoms with Crippen molar-refractivity contribution in [3.63, 3.8) is 0 Å². The molecule has 3 aromatic carbocycles. The molecule has 0 aliphatic heterocycles. The Kier molecular flexibility index (Phi) is 5.35. The molecule has 0 saturated carbocycles. The minimum atomic E-state index is -0.147. The van der Waals surface area contributed by atoms with Crippen LogP contribution in [0.25, 0.3) is 20.8 Å². The van der Waals surface area contributed by atoms with Crippen molar-refractivity contribution < 1.29 is 9.53 Å². The molecule has 0 unspecified atom stereocenters. The first kappa shape index (κ1) is 18.2. The number of hydrogen-bond acceptors (Lipinski definition) is 4. The van der Waals surface area contributed by atoms with Crippen molar-refractivity contribution in [3.05, 3.63) is 84.4 Å². The van der Waals surface area contributed by atoms with Crippen LogP contribution in [0.1, 0.15) is 18.5 Å². The molecule has 4 aromatic rings. The quantitative estimate of drug-likeness (QED) is 0.493. The average molecular weight is 388 g/mol. The van der Waals surface area contributed by atoms with Crippen molar-refractivity contribution in [2.45, 2.75) is 13.0 Å². The van der Waals surface area contributed by atoms with Crippen LogP contribution in [0.5, 0.6) is 5.75 Å². The molecule has 0 radical (unpaired) electrons. The van der Waals surface area contributed by atoms with E-state index in [0.29, 0.717) is 5.75 Å². The number of fused-ring (bicyclic) bond motifs is 1. The van der Waals surface area contributed by atoms with E-state index in [2.05, 4.69) is 16.4 Å². The summed E-state index contributed by atoms with van der Waals surface area (Å²) in [7, 11) is 0. The number of carbonyl (C=O) groups is 1. The number of benzene rings is 3. The summed E-state index contributed by atoms with van der Waals surface area (Å²) >= 11 is 1.66. The third-order valence-corrected chi connectivity index (χ3v) is 5.53. The first-order valence-electron chi connectivity index (χ1n) is 9.12. The summed E-state index contributed by atoms with van der Waals surface area (Å²) in [4.78, 5) is 16.8. The molecule has 1 atom stereocenters. The molecule has 0 aliphatic rings. The highest BCUT2D eigenvalue weighted by Crippen LogP contribution is 2.30. The van der Waals surface area contributed by atoms with Crippen LogP contribution in [-0.4, -0.2) is 17.5 Å². The lowest BCUT2D eigenvalue weighted by atomic mass is 10.1. The Bertz CT molecular complexity index is 1040. The molecule has 0 aliphatic carbocycles. The summed E-state index contributed by atoms with van der Waals surface area (Å²) in [5.74, 6) is 0.513. The molecule has 28 heavy (non-hydrogen) atoms. The molecule has 1 aromatic heterocycles. The van der Waals surface area contributed by atoms with E-state index in [0.717, 1.165) is 21.7 Å². The van der Waals surface area contributed by atoms with E-state index in [-0.39, 0.29) is 18.6 Å². The van der Waals surface area contributed by atoms with Crippen molar-refractivity contribution in [3.8, 4) is 16.3 Å². The van der Waals surface area contributed by atoms with Crippen LogP contribution >= 0.6 is 11.3 Å². The third kappa shape index (κ3) is 4.21. The zero-order valence-electron chi connectivity index (χ0n) is 15.5. The highest BCUT2D eigenvalue weighted by Gasteiger charge is 2.10. The zero-order chi connectivity index (χ0) is 19.3. The third-order valence-electron chi connectivity index (χ3n) is 4.44. The van der Waals surface area contributed by atoms with Crippen LogP contribution in [0.4, 0.5) is 0 Å². The SMILES string of the molecule is C[C@@H](NC(=O)COc1ccc(-c2nc3ccccc3s2)cc1)c1ccccc1. The Morgan fingerprint density at radius 2 is 1.71 bits per heavy atom. The largest absolute Gasteiger partial charge is 0.484 e. The van der Waals surface area contributed by atoms with Gasteiger partial charge in [0.2, 0.25) is 0 Å². The summed E-state index contributed by atoms with van der Waals surface area (Å²) < 4.78 is 6.79. The number of carbonyl (C=O) groups excluding carboxylic acids is 1. The predicted molar refractivity (Wildman–Crippen MR) is 114 cm³/mol. The number of para-hydroxylation sites is 1. The Morgan fingerprint density at radius 3 is 2.46 bits per heavy atom. The molecule has 4 rings (SSSR count). The highest BCUT2D eigenvalue weighted by atomic mass is 32.1. The number of ether oxygens (including phenoxy) is 1. The fourth-order valence-corrected chi connectivity index (χ4v) is 3.92. The van der Waals surface area contributed by atoms with Crippen LogP contribution in [0, 0.1) is 0 Å². The van der Waals surface area contributed by atoms with E-state index >= 15 is 0 Å². The number of thiazole rings is 1. The van der Waals surface area contributed by atoms with Gasteiger partial charge in [0.1, 0.15) is 10.8 Å². The lowest BCUT2D eigenvalue weighted by Crippen LogP contribution is -2.31. The van der Waals surface area contributed by atoms with Gasteiger partial charge >= 0.3 is 0 Å². The number of aromatic nitrogens is 1. The first-order chi connectivity index (χ1) is 13.7. The molecule has 4 nitrogen and oxygen atoms in total. The molecule has 5 heteroatoms. The first-order valence-corrected chi connectivity index (χ1v) is 9.94. The van der Waals surface area contributed by atoms with E-state index in [1.54, 1.807) is 11.3 Å². The van der Waals surface area contributed by atoms with Gasteiger partial charge in [-0.15, -0.1) is 11.3 Å². The van der Waals surface area contributed by atoms with Crippen LogP contribution in [0.15, 0.2) is 78.9 Å². The van der Waals surface area contributed by atoms with Crippen molar-refractivity contribution >= 4 is 27.5 Å². The second kappa shape index (κ2) is 8.23. The Hall–Kier alpha value is -3.18. The van der Waals surface area contributed by atoms with E-state index in [9.17, 15) is 4.79 Å². The van der Waals surface area contributed by atoms with Gasteiger partial charge in [0.05, 0.1) is 16.3 Å². The van der Waals surface area contributed by atoms with Gasteiger partial charge in [-0.25, -0.2) is 4.98 Å². The topological polar surface area (TPSA) is 51.2 Å². The van der Waals surface area contributed by atoms with Gasteiger partial charge in [0, 0.05) is 5.56 Å². The number of hydrogen-bond donors (Lipinski definition) is 1. The lowest BCUT2D eigenvalue weighted by molar-refractivity contribution is -0.123. The smallest absolute Gasteiger partial charge is 0.258 e. The summed E-state index contributed by atoms with van der Waals surface area (Å²) in [6.45, 7) is 1.94. The molecule has 0 fully saturated rings. The summed E-state index contributed by atoms with van der Waals surface area (Å²) in [5, 5.41) is 3.92. The van der Waals surface area contributed by atoms with Gasteiger partial charge < -0.3 is 10.1 Å². The Labute approximate surface area is 167 Å². The van der Waals surface area contributed by atoms with Crippen LogP contribution in [0.3, 0.4) is 0 Å². The van der Waals surface area contributed by atoms with Gasteiger partial charge in [-0.2, -0.15) is 0 Å². The number of nitrogens with zero attached hydrogens (tertiary/aromatic N) is 1. The van der Waals surface area contributed by atoms with Crippen LogP contribution in [-0.2, 0) is 4.79 Å². The second-order valence-electron chi connectivity index (χ2n) is 6.50. The standard InChI is InChI=1S/C23H20N2O2S/c1-16(17-7-3-2-4-8-17)24-22(26)15-27-19-13-11-18(12-14-19)23-25-20-9-5-6-10-21(20)28-23/h2-14,16H,15H2,1H3,(H,24,26)/t16-/m1/s1. The predicted octanol–water partition coefficient (Wildman–Crippen LogP) is 5.22. The molecular weight excluding hydrogens is 368 g/mol. The van der Waals surface area contributed by atoms with E-state index < -0.39 is 0 Å². The van der Waals surface area contributed by atoms with Gasteiger partial charge in [0.15, 0.2) is 6.61 Å². The molecule has 0 bridgehead atoms. The molecular formula is C23H20N2O2S. The van der Waals surface area contributed by atoms with E-state index in [1.165, 1.54) is 4.70 Å². The van der Waals surface area contributed by atoms with E-state index in [1.807, 2.05) is 79.7 Å². The van der Waals surface area contributed by atoms with Gasteiger partial charge in [-0.1, -0.05) is 42.5 Å². The van der Waals surface area contributed by atoms with Gasteiger partial charge in [-0.05, 0) is 48.9 Å². The van der Waals surface area contributed by atoms with Gasteiger partial charge in [0.25, 0.3) is 5.91 Å². The molecule has 1 heterocycles. The minimum absolute atomic E-state index is 0.0162. The normalized spacial score (nSPS) is 11.9. The molecule has 1 amide bonds. The van der Waals surface area contributed by atoms with Crippen LogP contribution < -0.4 is 10.1 Å². The molecule has 0 saturated heterocycles. The fourth-order valence-electron chi connectivity index (χ4n) is 2.95. The highest BCUT2D eigenvalue weighted by molar-refractivity contribution is 7.21. The maximum absolute atomic E-state index is 12.1. The molecule has 1 N–H and O–H groups in total. The molecule has 0 spiro atoms. The van der Waals surface area contributed by atoms with Crippen molar-refractivity contribution in [2.75, 3.05) is 6.61 Å². The molecule has 140 valence electrons. The van der Waals surface area contributed by atoms with Crippen molar-refractivity contribution in [2.24, 2.45) is 0 Å². The minimum Gasteiger partial charge on any atom is -0.484 e. The average Bonchev–Trinajstić information content (AvgIpc) is 3.17. The summed E-state index contributed by atoms with van der Waals surface area (Å²) in [5.41, 5.74) is 3.11. The summed E-state index contributed by atoms with van der Waals surface area (Å²) in [6, 6.07) is 25.6. The van der Waals surface area contributed by atoms with Crippen molar-refractivity contribution in [1.82, 2.24) is 10.3 Å². The number of nitrogens with one attached hydrogen (secondary N) is 1.